The van der Waals surface area contributed by atoms with Crippen molar-refractivity contribution >= 4 is 16.7 Å². The van der Waals surface area contributed by atoms with Gasteiger partial charge in [-0.15, -0.1) is 15.3 Å². The number of tetrazole rings is 1. The molecule has 4 aromatic heterocycles. The first-order valence-corrected chi connectivity index (χ1v) is 11.6. The van der Waals surface area contributed by atoms with Crippen LogP contribution < -0.4 is 0 Å². The van der Waals surface area contributed by atoms with Gasteiger partial charge in [-0.1, -0.05) is 30.3 Å². The molecule has 9 rings (SSSR count). The van der Waals surface area contributed by atoms with E-state index in [1.165, 1.54) is 6.42 Å². The van der Waals surface area contributed by atoms with Gasteiger partial charge in [-0.05, 0) is 55.6 Å². The maximum atomic E-state index is 5.07. The Morgan fingerprint density at radius 1 is 1.00 bits per heavy atom. The molecule has 4 fully saturated rings. The smallest absolute Gasteiger partial charge is 0.204 e. The normalized spacial score (nSPS) is 30.5. The summed E-state index contributed by atoms with van der Waals surface area (Å²) in [6.45, 7) is 0. The molecule has 164 valence electrons. The van der Waals surface area contributed by atoms with Crippen molar-refractivity contribution in [2.24, 2.45) is 11.8 Å². The molecule has 4 heterocycles. The molecule has 0 spiro atoms. The molecule has 0 radical (unpaired) electrons. The minimum Gasteiger partial charge on any atom is -0.261 e. The minimum atomic E-state index is -0.120. The average Bonchev–Trinajstić information content (AvgIpc) is 3.57. The summed E-state index contributed by atoms with van der Waals surface area (Å²) in [4.78, 5) is 11.4. The summed E-state index contributed by atoms with van der Waals surface area (Å²) in [5, 5.41) is 26.8. The van der Waals surface area contributed by atoms with Crippen LogP contribution in [0.15, 0.2) is 42.9 Å². The lowest BCUT2D eigenvalue weighted by molar-refractivity contribution is -0.0784. The van der Waals surface area contributed by atoms with Crippen LogP contribution in [0.2, 0.25) is 0 Å². The van der Waals surface area contributed by atoms with E-state index in [4.69, 9.17) is 15.2 Å². The monoisotopic (exact) mass is 438 g/mol. The molecule has 0 saturated heterocycles. The Morgan fingerprint density at radius 2 is 1.85 bits per heavy atom. The summed E-state index contributed by atoms with van der Waals surface area (Å²) in [6, 6.07) is 10.1. The van der Waals surface area contributed by atoms with E-state index in [0.717, 1.165) is 60.2 Å². The van der Waals surface area contributed by atoms with Crippen molar-refractivity contribution in [3.63, 3.8) is 0 Å². The molecule has 1 aromatic carbocycles. The van der Waals surface area contributed by atoms with Crippen LogP contribution in [-0.2, 0) is 11.0 Å². The Kier molecular flexibility index (Phi) is 3.24. The number of H-pyrrole nitrogens is 1. The first-order valence-electron chi connectivity index (χ1n) is 11.6. The van der Waals surface area contributed by atoms with Gasteiger partial charge >= 0.3 is 0 Å². The fourth-order valence-electron chi connectivity index (χ4n) is 7.29. The molecule has 1 N–H and O–H groups in total. The number of rotatable bonds is 3. The summed E-state index contributed by atoms with van der Waals surface area (Å²) in [5.41, 5.74) is 2.38. The molecule has 2 unspecified atom stereocenters. The fourth-order valence-corrected chi connectivity index (χ4v) is 7.29. The number of nitrogens with zero attached hydrogens (tertiary/aromatic N) is 9. The topological polar surface area (TPSA) is 115 Å². The molecule has 10 heteroatoms. The third kappa shape index (κ3) is 2.40. The number of fused-ring (bicyclic) bond motifs is 3. The van der Waals surface area contributed by atoms with Crippen LogP contribution in [0, 0.1) is 11.8 Å². The Morgan fingerprint density at radius 3 is 2.70 bits per heavy atom. The summed E-state index contributed by atoms with van der Waals surface area (Å²) in [6.07, 6.45) is 10.2. The van der Waals surface area contributed by atoms with Crippen LogP contribution in [-0.4, -0.2) is 50.0 Å². The lowest BCUT2D eigenvalue weighted by Crippen LogP contribution is -2.59. The van der Waals surface area contributed by atoms with Crippen LogP contribution in [0.5, 0.6) is 0 Å². The van der Waals surface area contributed by atoms with Gasteiger partial charge in [0.25, 0.3) is 0 Å². The highest BCUT2D eigenvalue weighted by atomic mass is 15.6. The van der Waals surface area contributed by atoms with E-state index in [2.05, 4.69) is 25.5 Å². The zero-order valence-corrected chi connectivity index (χ0v) is 18.0. The maximum absolute atomic E-state index is 5.07. The van der Waals surface area contributed by atoms with Crippen molar-refractivity contribution in [1.29, 1.82) is 0 Å². The zero-order valence-electron chi connectivity index (χ0n) is 18.0. The van der Waals surface area contributed by atoms with Crippen molar-refractivity contribution in [2.75, 3.05) is 0 Å². The van der Waals surface area contributed by atoms with Gasteiger partial charge in [-0.2, -0.15) is 9.90 Å². The molecule has 10 nitrogen and oxygen atoms in total. The zero-order chi connectivity index (χ0) is 21.6. The maximum Gasteiger partial charge on any atom is 0.204 e. The van der Waals surface area contributed by atoms with Crippen molar-refractivity contribution < 1.29 is 0 Å². The number of nitrogens with one attached hydrogen (secondary N) is 1. The van der Waals surface area contributed by atoms with Crippen molar-refractivity contribution in [1.82, 2.24) is 50.0 Å². The van der Waals surface area contributed by atoms with E-state index < -0.39 is 0 Å². The highest BCUT2D eigenvalue weighted by Crippen LogP contribution is 2.64. The highest BCUT2D eigenvalue weighted by Gasteiger charge is 2.61. The standard InChI is InChI=1S/C23H22N10/c1-2-4-16(5-3-1)18-28-31-33(29-18)23-9-14-6-15(10-23)8-22(7-14,12-23)21-26-20-17-11-25-27-19(17)24-13-32(20)30-21/h1-5,11,13-15H,6-10,12H2,(H,25,27). The molecule has 33 heavy (non-hydrogen) atoms. The third-order valence-electron chi connectivity index (χ3n) is 8.16. The fraction of sp³-hybridized carbons (Fsp3) is 0.435. The quantitative estimate of drug-likeness (QED) is 0.460. The largest absolute Gasteiger partial charge is 0.261 e. The highest BCUT2D eigenvalue weighted by molar-refractivity contribution is 5.87. The van der Waals surface area contributed by atoms with Gasteiger partial charge < -0.3 is 0 Å². The Hall–Kier alpha value is -3.69. The summed E-state index contributed by atoms with van der Waals surface area (Å²) >= 11 is 0. The van der Waals surface area contributed by atoms with E-state index >= 15 is 0 Å². The number of aromatic nitrogens is 10. The number of hydrogen-bond acceptors (Lipinski definition) is 7. The molecule has 5 aromatic rings. The molecule has 4 aliphatic carbocycles. The molecular weight excluding hydrogens is 416 g/mol. The van der Waals surface area contributed by atoms with Crippen LogP contribution in [0.3, 0.4) is 0 Å². The van der Waals surface area contributed by atoms with Crippen molar-refractivity contribution in [2.45, 2.75) is 49.5 Å². The lowest BCUT2D eigenvalue weighted by Gasteiger charge is -2.60. The van der Waals surface area contributed by atoms with Gasteiger partial charge in [0.2, 0.25) is 5.82 Å². The first kappa shape index (κ1) is 17.8. The molecule has 4 saturated carbocycles. The second-order valence-electron chi connectivity index (χ2n) is 10.3. The van der Waals surface area contributed by atoms with Gasteiger partial charge in [-0.3, -0.25) is 5.10 Å². The van der Waals surface area contributed by atoms with Crippen molar-refractivity contribution in [3.8, 4) is 11.4 Å². The van der Waals surface area contributed by atoms with Gasteiger partial charge in [0.15, 0.2) is 17.1 Å². The summed E-state index contributed by atoms with van der Waals surface area (Å²) in [5.74, 6) is 2.90. The van der Waals surface area contributed by atoms with Crippen LogP contribution >= 0.6 is 0 Å². The minimum absolute atomic E-state index is 0.0628. The SMILES string of the molecule is c1ccc(-c2nnn(C34CC5CC(CC(c6nc7c8cn[nH]c8ncn7n6)(C5)C3)C4)n2)cc1. The van der Waals surface area contributed by atoms with E-state index in [9.17, 15) is 0 Å². The second-order valence-corrected chi connectivity index (χ2v) is 10.3. The van der Waals surface area contributed by atoms with Gasteiger partial charge in [0, 0.05) is 11.0 Å². The third-order valence-corrected chi connectivity index (χ3v) is 8.16. The summed E-state index contributed by atoms with van der Waals surface area (Å²) < 4.78 is 1.81. The van der Waals surface area contributed by atoms with Crippen LogP contribution in [0.4, 0.5) is 0 Å². The molecular formula is C23H22N10. The number of hydrogen-bond donors (Lipinski definition) is 1. The van der Waals surface area contributed by atoms with Gasteiger partial charge in [0.1, 0.15) is 6.33 Å². The Bertz CT molecular complexity index is 1500. The van der Waals surface area contributed by atoms with Gasteiger partial charge in [-0.25, -0.2) is 14.5 Å². The molecule has 4 bridgehead atoms. The summed E-state index contributed by atoms with van der Waals surface area (Å²) in [7, 11) is 0. The Labute approximate surface area is 188 Å². The second kappa shape index (κ2) is 6.00. The van der Waals surface area contributed by atoms with Crippen LogP contribution in [0.25, 0.3) is 28.1 Å². The van der Waals surface area contributed by atoms with E-state index in [1.807, 2.05) is 35.1 Å². The number of benzene rings is 1. The van der Waals surface area contributed by atoms with Gasteiger partial charge in [0.05, 0.1) is 17.1 Å². The average molecular weight is 438 g/mol. The van der Waals surface area contributed by atoms with E-state index in [1.54, 1.807) is 17.0 Å². The van der Waals surface area contributed by atoms with E-state index in [-0.39, 0.29) is 11.0 Å². The molecule has 0 amide bonds. The predicted octanol–water partition coefficient (Wildman–Crippen LogP) is 2.90. The van der Waals surface area contributed by atoms with E-state index in [0.29, 0.717) is 17.7 Å². The lowest BCUT2D eigenvalue weighted by atomic mass is 9.46. The molecule has 2 atom stereocenters. The molecule has 4 aliphatic rings. The van der Waals surface area contributed by atoms with Crippen LogP contribution in [0.1, 0.15) is 44.3 Å². The predicted molar refractivity (Wildman–Crippen MR) is 118 cm³/mol. The Balaban J connectivity index is 1.24. The first-order chi connectivity index (χ1) is 16.2. The molecule has 0 aliphatic heterocycles. The van der Waals surface area contributed by atoms with Crippen molar-refractivity contribution in [3.05, 3.63) is 48.7 Å². The number of aromatic amines is 1.